The third-order valence-corrected chi connectivity index (χ3v) is 2.91. The van der Waals surface area contributed by atoms with Gasteiger partial charge in [-0.05, 0) is 40.5 Å². The van der Waals surface area contributed by atoms with Gasteiger partial charge < -0.3 is 5.32 Å². The van der Waals surface area contributed by atoms with Crippen molar-refractivity contribution in [1.29, 1.82) is 0 Å². The molecule has 0 saturated carbocycles. The fraction of sp³-hybridized carbons (Fsp3) is 0.455. The minimum atomic E-state index is -4.16. The molecule has 1 aromatic rings. The molecule has 1 N–H and O–H groups in total. The molecule has 0 aliphatic carbocycles. The van der Waals surface area contributed by atoms with E-state index >= 15 is 0 Å². The molecule has 0 spiro atoms. The topological polar surface area (TPSA) is 12.0 Å². The predicted octanol–water partition coefficient (Wildman–Crippen LogP) is 4.19. The summed E-state index contributed by atoms with van der Waals surface area (Å²) in [5.74, 6) is -0.392. The molecule has 6 heteroatoms. The van der Waals surface area contributed by atoms with Gasteiger partial charge in [-0.3, -0.25) is 0 Å². The summed E-state index contributed by atoms with van der Waals surface area (Å²) in [5, 5.41) is 2.74. The Hall–Kier alpha value is -0.620. The molecule has 1 aromatic carbocycles. The zero-order valence-corrected chi connectivity index (χ0v) is 10.7. The van der Waals surface area contributed by atoms with Crippen LogP contribution in [0.4, 0.5) is 17.6 Å². The quantitative estimate of drug-likeness (QED) is 0.822. The molecular formula is C11H12BrF4N. The van der Waals surface area contributed by atoms with Crippen molar-refractivity contribution in [2.45, 2.75) is 25.6 Å². The van der Waals surface area contributed by atoms with Crippen LogP contribution in [0.3, 0.4) is 0 Å². The molecule has 17 heavy (non-hydrogen) atoms. The van der Waals surface area contributed by atoms with E-state index in [0.717, 1.165) is 5.56 Å². The minimum Gasteiger partial charge on any atom is -0.310 e. The lowest BCUT2D eigenvalue weighted by Gasteiger charge is -2.15. The van der Waals surface area contributed by atoms with Crippen LogP contribution >= 0.6 is 15.9 Å². The molecule has 0 aromatic heterocycles. The minimum absolute atomic E-state index is 0.153. The predicted molar refractivity (Wildman–Crippen MR) is 61.2 cm³/mol. The summed E-state index contributed by atoms with van der Waals surface area (Å²) in [6, 6.07) is 4.13. The molecule has 1 nitrogen and oxygen atoms in total. The Morgan fingerprint density at radius 3 is 2.53 bits per heavy atom. The zero-order valence-electron chi connectivity index (χ0n) is 9.11. The Morgan fingerprint density at radius 1 is 1.35 bits per heavy atom. The second kappa shape index (κ2) is 5.82. The lowest BCUT2D eigenvalue weighted by molar-refractivity contribution is -0.133. The van der Waals surface area contributed by atoms with E-state index in [1.807, 2.05) is 0 Å². The van der Waals surface area contributed by atoms with Gasteiger partial charge in [-0.2, -0.15) is 13.2 Å². The van der Waals surface area contributed by atoms with Gasteiger partial charge in [-0.15, -0.1) is 0 Å². The maximum Gasteiger partial charge on any atom is 0.390 e. The Balaban J connectivity index is 2.52. The number of nitrogens with one attached hydrogen (secondary N) is 1. The standard InChI is InChI=1S/C11H12BrF4N/c1-7(17-5-4-11(14,15)16)8-2-3-10(13)9(12)6-8/h2-3,6-7,17H,4-5H2,1H3. The normalized spacial score (nSPS) is 13.8. The Labute approximate surface area is 105 Å². The lowest BCUT2D eigenvalue weighted by Crippen LogP contribution is -2.24. The highest BCUT2D eigenvalue weighted by atomic mass is 79.9. The highest BCUT2D eigenvalue weighted by Gasteiger charge is 2.26. The van der Waals surface area contributed by atoms with Crippen molar-refractivity contribution in [3.05, 3.63) is 34.1 Å². The van der Waals surface area contributed by atoms with Gasteiger partial charge in [0.2, 0.25) is 0 Å². The van der Waals surface area contributed by atoms with E-state index in [1.54, 1.807) is 19.1 Å². The van der Waals surface area contributed by atoms with Crippen molar-refractivity contribution in [2.24, 2.45) is 0 Å². The van der Waals surface area contributed by atoms with Gasteiger partial charge in [0, 0.05) is 12.6 Å². The van der Waals surface area contributed by atoms with Crippen LogP contribution in [0.2, 0.25) is 0 Å². The van der Waals surface area contributed by atoms with Crippen LogP contribution < -0.4 is 5.32 Å². The average Bonchev–Trinajstić information content (AvgIpc) is 2.20. The molecule has 0 aliphatic heterocycles. The number of hydrogen-bond donors (Lipinski definition) is 1. The van der Waals surface area contributed by atoms with Crippen molar-refractivity contribution in [3.8, 4) is 0 Å². The monoisotopic (exact) mass is 313 g/mol. The van der Waals surface area contributed by atoms with Crippen LogP contribution in [-0.2, 0) is 0 Å². The maximum absolute atomic E-state index is 13.0. The summed E-state index contributed by atoms with van der Waals surface area (Å²) in [5.41, 5.74) is 0.737. The van der Waals surface area contributed by atoms with Gasteiger partial charge in [0.05, 0.1) is 10.9 Å². The Kier molecular flexibility index (Phi) is 4.94. The van der Waals surface area contributed by atoms with Crippen molar-refractivity contribution in [1.82, 2.24) is 5.32 Å². The molecule has 0 aliphatic rings. The van der Waals surface area contributed by atoms with Gasteiger partial charge in [0.25, 0.3) is 0 Å². The number of hydrogen-bond acceptors (Lipinski definition) is 1. The summed E-state index contributed by atoms with van der Waals surface area (Å²) >= 11 is 3.03. The first-order chi connectivity index (χ1) is 7.79. The summed E-state index contributed by atoms with van der Waals surface area (Å²) in [7, 11) is 0. The largest absolute Gasteiger partial charge is 0.390 e. The molecule has 1 rings (SSSR count). The first-order valence-electron chi connectivity index (χ1n) is 5.04. The molecule has 0 bridgehead atoms. The van der Waals surface area contributed by atoms with Crippen LogP contribution in [0.1, 0.15) is 24.9 Å². The lowest BCUT2D eigenvalue weighted by atomic mass is 10.1. The van der Waals surface area contributed by atoms with E-state index in [2.05, 4.69) is 21.2 Å². The number of alkyl halides is 3. The average molecular weight is 314 g/mol. The molecule has 1 atom stereocenters. The first kappa shape index (κ1) is 14.4. The fourth-order valence-corrected chi connectivity index (χ4v) is 1.73. The van der Waals surface area contributed by atoms with Crippen LogP contribution in [-0.4, -0.2) is 12.7 Å². The van der Waals surface area contributed by atoms with E-state index in [1.165, 1.54) is 6.07 Å². The molecular weight excluding hydrogens is 302 g/mol. The molecule has 0 heterocycles. The molecule has 0 radical (unpaired) electrons. The SMILES string of the molecule is CC(NCCC(F)(F)F)c1ccc(F)c(Br)c1. The van der Waals surface area contributed by atoms with E-state index in [4.69, 9.17) is 0 Å². The van der Waals surface area contributed by atoms with Crippen LogP contribution in [0, 0.1) is 5.82 Å². The summed E-state index contributed by atoms with van der Waals surface area (Å²) in [6.45, 7) is 1.58. The van der Waals surface area contributed by atoms with E-state index in [0.29, 0.717) is 4.47 Å². The number of rotatable bonds is 4. The second-order valence-corrected chi connectivity index (χ2v) is 4.57. The van der Waals surface area contributed by atoms with Gasteiger partial charge >= 0.3 is 6.18 Å². The van der Waals surface area contributed by atoms with Gasteiger partial charge in [0.15, 0.2) is 0 Å². The van der Waals surface area contributed by atoms with Crippen LogP contribution in [0.15, 0.2) is 22.7 Å². The summed E-state index contributed by atoms with van der Waals surface area (Å²) in [4.78, 5) is 0. The van der Waals surface area contributed by atoms with Crippen molar-refractivity contribution in [3.63, 3.8) is 0 Å². The second-order valence-electron chi connectivity index (χ2n) is 3.71. The third kappa shape index (κ3) is 5.04. The molecule has 96 valence electrons. The molecule has 1 unspecified atom stereocenters. The Morgan fingerprint density at radius 2 is 2.00 bits per heavy atom. The van der Waals surface area contributed by atoms with E-state index < -0.39 is 18.4 Å². The van der Waals surface area contributed by atoms with Crippen LogP contribution in [0.25, 0.3) is 0 Å². The molecule has 0 fully saturated rings. The fourth-order valence-electron chi connectivity index (χ4n) is 1.33. The van der Waals surface area contributed by atoms with E-state index in [9.17, 15) is 17.6 Å². The summed E-state index contributed by atoms with van der Waals surface area (Å²) < 4.78 is 49.0. The van der Waals surface area contributed by atoms with Gasteiger partial charge in [-0.1, -0.05) is 6.07 Å². The van der Waals surface area contributed by atoms with Gasteiger partial charge in [0.1, 0.15) is 5.82 Å². The van der Waals surface area contributed by atoms with Crippen molar-refractivity contribution < 1.29 is 17.6 Å². The van der Waals surface area contributed by atoms with Gasteiger partial charge in [-0.25, -0.2) is 4.39 Å². The Bertz CT molecular complexity index is 378. The highest BCUT2D eigenvalue weighted by molar-refractivity contribution is 9.10. The summed E-state index contributed by atoms with van der Waals surface area (Å²) in [6.07, 6.45) is -5.03. The number of halogens is 5. The van der Waals surface area contributed by atoms with Crippen LogP contribution in [0.5, 0.6) is 0 Å². The maximum atomic E-state index is 13.0. The smallest absolute Gasteiger partial charge is 0.310 e. The third-order valence-electron chi connectivity index (χ3n) is 2.30. The van der Waals surface area contributed by atoms with Crippen molar-refractivity contribution in [2.75, 3.05) is 6.54 Å². The van der Waals surface area contributed by atoms with E-state index in [-0.39, 0.29) is 12.6 Å². The zero-order chi connectivity index (χ0) is 13.1. The van der Waals surface area contributed by atoms with Crippen molar-refractivity contribution >= 4 is 15.9 Å². The number of benzene rings is 1. The molecule has 0 amide bonds. The molecule has 0 saturated heterocycles. The highest BCUT2D eigenvalue weighted by Crippen LogP contribution is 2.22. The first-order valence-corrected chi connectivity index (χ1v) is 5.84.